The predicted molar refractivity (Wildman–Crippen MR) is 144 cm³/mol. The van der Waals surface area contributed by atoms with Crippen LogP contribution in [0.4, 0.5) is 10.5 Å². The largest absolute Gasteiger partial charge is 0.501 e. The lowest BCUT2D eigenvalue weighted by Gasteiger charge is -2.26. The monoisotopic (exact) mass is 519 g/mol. The maximum atomic E-state index is 13.4. The van der Waals surface area contributed by atoms with E-state index in [1.54, 1.807) is 35.6 Å². The van der Waals surface area contributed by atoms with E-state index in [1.165, 1.54) is 9.48 Å². The van der Waals surface area contributed by atoms with E-state index in [0.29, 0.717) is 37.2 Å². The minimum atomic E-state index is -0.620. The molecule has 4 rings (SSSR count). The van der Waals surface area contributed by atoms with Gasteiger partial charge in [-0.1, -0.05) is 36.4 Å². The number of amides is 5. The first-order valence-corrected chi connectivity index (χ1v) is 13.2. The lowest BCUT2D eigenvalue weighted by molar-refractivity contribution is -0.427. The number of allylic oxidation sites excluding steroid dienone is 3. The van der Waals surface area contributed by atoms with Crippen LogP contribution in [0.2, 0.25) is 0 Å². The second-order valence-electron chi connectivity index (χ2n) is 9.11. The van der Waals surface area contributed by atoms with Crippen LogP contribution in [0.3, 0.4) is 0 Å². The first-order chi connectivity index (χ1) is 17.8. The Balaban J connectivity index is 1.38. The number of nitrogens with one attached hydrogen (secondary N) is 2. The fourth-order valence-electron chi connectivity index (χ4n) is 4.34. The second-order valence-corrected chi connectivity index (χ2v) is 10.1. The minimum absolute atomic E-state index is 0.0644. The van der Waals surface area contributed by atoms with Crippen LogP contribution in [0, 0.1) is 19.8 Å². The summed E-state index contributed by atoms with van der Waals surface area (Å²) in [6.07, 6.45) is 8.32. The number of benzene rings is 1. The highest BCUT2D eigenvalue weighted by atomic mass is 32.1. The van der Waals surface area contributed by atoms with E-state index >= 15 is 0 Å². The number of rotatable bonds is 10. The van der Waals surface area contributed by atoms with Crippen molar-refractivity contribution in [3.05, 3.63) is 76.0 Å². The van der Waals surface area contributed by atoms with E-state index in [9.17, 15) is 19.2 Å². The highest BCUT2D eigenvalue weighted by molar-refractivity contribution is 7.09. The van der Waals surface area contributed by atoms with Gasteiger partial charge in [0.05, 0.1) is 13.1 Å². The number of aryl methyl sites for hydroxylation is 1. The van der Waals surface area contributed by atoms with Crippen LogP contribution in [-0.4, -0.2) is 52.0 Å². The molecular formula is C28H31N4O4S+. The molecule has 1 atom stereocenters. The Morgan fingerprint density at radius 3 is 2.68 bits per heavy atom. The van der Waals surface area contributed by atoms with E-state index in [0.717, 1.165) is 16.0 Å². The Bertz CT molecular complexity index is 1290. The summed E-state index contributed by atoms with van der Waals surface area (Å²) in [6.45, 7) is 4.38. The topological polar surface area (TPSA) is 98.6 Å². The average molecular weight is 520 g/mol. The zero-order valence-corrected chi connectivity index (χ0v) is 21.8. The zero-order chi connectivity index (χ0) is 26.4. The van der Waals surface area contributed by atoms with Crippen molar-refractivity contribution in [2.75, 3.05) is 18.4 Å². The SMILES string of the molecule is Cc1cccc(NC(=O)C[N+]2=C3C=CC=CC3C(=O)N(CCCCC(=O)NCc3cccs3)C2=O)c1C. The maximum absolute atomic E-state index is 13.4. The van der Waals surface area contributed by atoms with Gasteiger partial charge in [-0.2, -0.15) is 14.3 Å². The Labute approximate surface area is 220 Å². The number of unbranched alkanes of at least 4 members (excludes halogenated alkanes) is 1. The summed E-state index contributed by atoms with van der Waals surface area (Å²) >= 11 is 1.59. The fraction of sp³-hybridized carbons (Fsp3) is 0.321. The molecule has 37 heavy (non-hydrogen) atoms. The molecule has 1 aromatic heterocycles. The zero-order valence-electron chi connectivity index (χ0n) is 21.0. The molecule has 2 N–H and O–H groups in total. The number of thiophene rings is 1. The number of urea groups is 1. The summed E-state index contributed by atoms with van der Waals surface area (Å²) in [5.74, 6) is -1.34. The van der Waals surface area contributed by atoms with Crippen LogP contribution in [-0.2, 0) is 20.9 Å². The molecule has 5 amide bonds. The predicted octanol–water partition coefficient (Wildman–Crippen LogP) is 3.95. The van der Waals surface area contributed by atoms with Crippen molar-refractivity contribution in [3.8, 4) is 0 Å². The molecule has 9 heteroatoms. The molecule has 0 bridgehead atoms. The number of carbonyl (C=O) groups excluding carboxylic acids is 4. The molecule has 1 aromatic carbocycles. The standard InChI is InChI=1S/C28H30N4O4S/c1-19-9-7-12-23(20(19)2)30-26(34)18-32-24-13-4-3-11-22(24)27(35)31(28(32)36)15-6-5-14-25(33)29-17-21-10-8-16-37-21/h3-4,7-13,16,22H,5-6,14-15,17-18H2,1-2H3,(H-,29,30,33,34)/p+1. The smallest absolute Gasteiger partial charge is 0.351 e. The first kappa shape index (κ1) is 26.2. The van der Waals surface area contributed by atoms with Gasteiger partial charge in [0, 0.05) is 17.0 Å². The minimum Gasteiger partial charge on any atom is -0.351 e. The van der Waals surface area contributed by atoms with Gasteiger partial charge in [-0.25, -0.2) is 4.79 Å². The van der Waals surface area contributed by atoms with E-state index in [4.69, 9.17) is 0 Å². The van der Waals surface area contributed by atoms with Crippen LogP contribution in [0.5, 0.6) is 0 Å². The second kappa shape index (κ2) is 11.9. The van der Waals surface area contributed by atoms with Crippen molar-refractivity contribution in [1.29, 1.82) is 0 Å². The van der Waals surface area contributed by atoms with Crippen molar-refractivity contribution in [2.45, 2.75) is 39.7 Å². The Kier molecular flexibility index (Phi) is 8.45. The van der Waals surface area contributed by atoms with Gasteiger partial charge >= 0.3 is 11.9 Å². The summed E-state index contributed by atoms with van der Waals surface area (Å²) in [7, 11) is 0. The van der Waals surface area contributed by atoms with Gasteiger partial charge in [-0.3, -0.25) is 9.59 Å². The molecule has 0 saturated heterocycles. The quantitative estimate of drug-likeness (QED) is 0.367. The van der Waals surface area contributed by atoms with Crippen LogP contribution >= 0.6 is 11.3 Å². The normalized spacial score (nSPS) is 16.7. The van der Waals surface area contributed by atoms with Gasteiger partial charge in [0.15, 0.2) is 6.54 Å². The third-order valence-electron chi connectivity index (χ3n) is 6.56. The van der Waals surface area contributed by atoms with Crippen molar-refractivity contribution < 1.29 is 23.8 Å². The third-order valence-corrected chi connectivity index (χ3v) is 7.44. The molecule has 8 nitrogen and oxygen atoms in total. The summed E-state index contributed by atoms with van der Waals surface area (Å²) in [5.41, 5.74) is 3.21. The Morgan fingerprint density at radius 2 is 1.89 bits per heavy atom. The molecule has 1 aliphatic carbocycles. The number of hydrogen-bond acceptors (Lipinski definition) is 5. The molecule has 1 unspecified atom stereocenters. The highest BCUT2D eigenvalue weighted by Gasteiger charge is 2.46. The number of nitrogens with zero attached hydrogens (tertiary/aromatic N) is 2. The fourth-order valence-corrected chi connectivity index (χ4v) is 4.99. The van der Waals surface area contributed by atoms with Crippen molar-refractivity contribution in [2.24, 2.45) is 5.92 Å². The number of imide groups is 1. The Hall–Kier alpha value is -3.85. The average Bonchev–Trinajstić information content (AvgIpc) is 3.41. The van der Waals surface area contributed by atoms with Crippen LogP contribution in [0.25, 0.3) is 0 Å². The number of anilines is 1. The van der Waals surface area contributed by atoms with Crippen molar-refractivity contribution in [3.63, 3.8) is 0 Å². The molecule has 0 radical (unpaired) electrons. The molecule has 2 aliphatic rings. The maximum Gasteiger partial charge on any atom is 0.501 e. The van der Waals surface area contributed by atoms with Gasteiger partial charge in [0.1, 0.15) is 11.6 Å². The molecule has 2 aromatic rings. The lowest BCUT2D eigenvalue weighted by atomic mass is 9.94. The molecule has 192 valence electrons. The summed E-state index contributed by atoms with van der Waals surface area (Å²) < 4.78 is 1.38. The van der Waals surface area contributed by atoms with E-state index in [-0.39, 0.29) is 30.8 Å². The molecule has 0 saturated carbocycles. The molecule has 2 heterocycles. The van der Waals surface area contributed by atoms with Gasteiger partial charge in [0.2, 0.25) is 5.91 Å². The number of carbonyl (C=O) groups is 4. The highest BCUT2D eigenvalue weighted by Crippen LogP contribution is 2.21. The lowest BCUT2D eigenvalue weighted by Crippen LogP contribution is -2.55. The number of fused-ring (bicyclic) bond motifs is 1. The summed E-state index contributed by atoms with van der Waals surface area (Å²) in [5, 5.41) is 7.74. The number of hydrogen-bond donors (Lipinski definition) is 2. The first-order valence-electron chi connectivity index (χ1n) is 12.3. The third kappa shape index (κ3) is 6.29. The summed E-state index contributed by atoms with van der Waals surface area (Å²) in [6, 6.07) is 9.04. The summed E-state index contributed by atoms with van der Waals surface area (Å²) in [4.78, 5) is 53.8. The van der Waals surface area contributed by atoms with Crippen molar-refractivity contribution in [1.82, 2.24) is 10.2 Å². The van der Waals surface area contributed by atoms with Gasteiger partial charge < -0.3 is 10.6 Å². The molecular weight excluding hydrogens is 488 g/mol. The van der Waals surface area contributed by atoms with E-state index in [1.807, 2.05) is 49.6 Å². The van der Waals surface area contributed by atoms with Crippen LogP contribution < -0.4 is 10.6 Å². The molecule has 0 spiro atoms. The Morgan fingerprint density at radius 1 is 1.05 bits per heavy atom. The van der Waals surface area contributed by atoms with E-state index < -0.39 is 11.9 Å². The van der Waals surface area contributed by atoms with Gasteiger partial charge in [-0.15, -0.1) is 11.3 Å². The van der Waals surface area contributed by atoms with E-state index in [2.05, 4.69) is 10.6 Å². The van der Waals surface area contributed by atoms with Crippen molar-refractivity contribution >= 4 is 46.5 Å². The van der Waals surface area contributed by atoms with Gasteiger partial charge in [0.25, 0.3) is 5.91 Å². The van der Waals surface area contributed by atoms with Gasteiger partial charge in [-0.05, 0) is 61.4 Å². The van der Waals surface area contributed by atoms with Crippen LogP contribution in [0.15, 0.2) is 60.0 Å². The van der Waals surface area contributed by atoms with Crippen LogP contribution in [0.1, 0.15) is 35.3 Å². The molecule has 0 fully saturated rings. The molecule has 1 aliphatic heterocycles.